The van der Waals surface area contributed by atoms with Crippen molar-refractivity contribution in [2.45, 2.75) is 27.2 Å². The predicted octanol–water partition coefficient (Wildman–Crippen LogP) is 2.63. The number of benzene rings is 1. The highest BCUT2D eigenvalue weighted by atomic mass is 16.6. The number of amides is 1. The van der Waals surface area contributed by atoms with E-state index in [-0.39, 0.29) is 0 Å². The van der Waals surface area contributed by atoms with Gasteiger partial charge in [-0.1, -0.05) is 29.8 Å². The van der Waals surface area contributed by atoms with Crippen LogP contribution < -0.4 is 5.43 Å². The Kier molecular flexibility index (Phi) is 6.43. The first-order chi connectivity index (χ1) is 9.15. The molecule has 0 aliphatic rings. The SMILES string of the molecule is CCOC(=O)N/N=C(\Cc1ccc(C)cc1)OCC. The third-order valence-electron chi connectivity index (χ3n) is 2.33. The van der Waals surface area contributed by atoms with Crippen molar-refractivity contribution in [3.05, 3.63) is 35.4 Å². The van der Waals surface area contributed by atoms with Crippen molar-refractivity contribution in [2.75, 3.05) is 13.2 Å². The molecule has 104 valence electrons. The van der Waals surface area contributed by atoms with Gasteiger partial charge in [-0.2, -0.15) is 0 Å². The Morgan fingerprint density at radius 3 is 2.37 bits per heavy atom. The molecule has 19 heavy (non-hydrogen) atoms. The Morgan fingerprint density at radius 1 is 1.16 bits per heavy atom. The minimum atomic E-state index is -0.580. The maximum absolute atomic E-state index is 11.2. The number of hydrogen-bond acceptors (Lipinski definition) is 4. The number of nitrogens with zero attached hydrogens (tertiary/aromatic N) is 1. The molecule has 1 amide bonds. The van der Waals surface area contributed by atoms with Crippen LogP contribution in [-0.4, -0.2) is 25.2 Å². The van der Waals surface area contributed by atoms with Gasteiger partial charge in [-0.3, -0.25) is 0 Å². The van der Waals surface area contributed by atoms with Gasteiger partial charge in [0.25, 0.3) is 0 Å². The van der Waals surface area contributed by atoms with Crippen LogP contribution in [0.1, 0.15) is 25.0 Å². The summed E-state index contributed by atoms with van der Waals surface area (Å²) >= 11 is 0. The number of carbonyl (C=O) groups is 1. The zero-order valence-electron chi connectivity index (χ0n) is 11.6. The van der Waals surface area contributed by atoms with Gasteiger partial charge >= 0.3 is 6.09 Å². The second-order valence-corrected chi connectivity index (χ2v) is 3.93. The second kappa shape index (κ2) is 8.13. The fraction of sp³-hybridized carbons (Fsp3) is 0.429. The van der Waals surface area contributed by atoms with Gasteiger partial charge < -0.3 is 9.47 Å². The summed E-state index contributed by atoms with van der Waals surface area (Å²) in [5.41, 5.74) is 4.57. The van der Waals surface area contributed by atoms with Crippen LogP contribution in [0.25, 0.3) is 0 Å². The highest BCUT2D eigenvalue weighted by molar-refractivity contribution is 5.80. The highest BCUT2D eigenvalue weighted by Gasteiger charge is 2.04. The van der Waals surface area contributed by atoms with Gasteiger partial charge in [0.15, 0.2) is 0 Å². The number of carbonyl (C=O) groups excluding carboxylic acids is 1. The molecule has 1 rings (SSSR count). The molecule has 0 atom stereocenters. The van der Waals surface area contributed by atoms with Crippen molar-refractivity contribution in [1.29, 1.82) is 0 Å². The standard InChI is InChI=1S/C14H20N2O3/c1-4-18-13(15-16-14(17)19-5-2)10-12-8-6-11(3)7-9-12/h6-9H,4-5,10H2,1-3H3,(H,16,17)/b15-13+. The molecule has 1 N–H and O–H groups in total. The Labute approximate surface area is 113 Å². The summed E-state index contributed by atoms with van der Waals surface area (Å²) < 4.78 is 10.1. The van der Waals surface area contributed by atoms with Crippen molar-refractivity contribution < 1.29 is 14.3 Å². The van der Waals surface area contributed by atoms with Crippen LogP contribution in [0.4, 0.5) is 4.79 Å². The van der Waals surface area contributed by atoms with Gasteiger partial charge in [-0.25, -0.2) is 10.2 Å². The van der Waals surface area contributed by atoms with Crippen molar-refractivity contribution in [1.82, 2.24) is 5.43 Å². The van der Waals surface area contributed by atoms with Gasteiger partial charge in [0.2, 0.25) is 5.90 Å². The Bertz CT molecular complexity index is 427. The Morgan fingerprint density at radius 2 is 1.79 bits per heavy atom. The van der Waals surface area contributed by atoms with E-state index in [1.807, 2.05) is 38.1 Å². The van der Waals surface area contributed by atoms with Gasteiger partial charge in [-0.05, 0) is 26.3 Å². The molecule has 0 aliphatic heterocycles. The van der Waals surface area contributed by atoms with Gasteiger partial charge in [0, 0.05) is 0 Å². The summed E-state index contributed by atoms with van der Waals surface area (Å²) in [5, 5.41) is 3.92. The van der Waals surface area contributed by atoms with Crippen LogP contribution >= 0.6 is 0 Å². The molecule has 0 spiro atoms. The van der Waals surface area contributed by atoms with E-state index < -0.39 is 6.09 Å². The largest absolute Gasteiger partial charge is 0.480 e. The number of nitrogens with one attached hydrogen (secondary N) is 1. The zero-order valence-corrected chi connectivity index (χ0v) is 11.6. The molecule has 0 unspecified atom stereocenters. The molecule has 0 saturated heterocycles. The molecular weight excluding hydrogens is 244 g/mol. The van der Waals surface area contributed by atoms with Gasteiger partial charge in [0.05, 0.1) is 19.6 Å². The summed E-state index contributed by atoms with van der Waals surface area (Å²) in [4.78, 5) is 11.2. The summed E-state index contributed by atoms with van der Waals surface area (Å²) in [6.45, 7) is 6.44. The van der Waals surface area contributed by atoms with Gasteiger partial charge in [-0.15, -0.1) is 5.10 Å². The van der Waals surface area contributed by atoms with Crippen LogP contribution in [0.15, 0.2) is 29.4 Å². The summed E-state index contributed by atoms with van der Waals surface area (Å²) in [5.74, 6) is 0.458. The molecule has 0 aromatic heterocycles. The third-order valence-corrected chi connectivity index (χ3v) is 2.33. The first-order valence-electron chi connectivity index (χ1n) is 6.33. The van der Waals surface area contributed by atoms with E-state index in [1.54, 1.807) is 6.92 Å². The molecule has 0 aliphatic carbocycles. The number of aryl methyl sites for hydroxylation is 1. The zero-order chi connectivity index (χ0) is 14.1. The first-order valence-corrected chi connectivity index (χ1v) is 6.33. The van der Waals surface area contributed by atoms with Crippen LogP contribution in [0.3, 0.4) is 0 Å². The third kappa shape index (κ3) is 5.90. The number of hydrazone groups is 1. The van der Waals surface area contributed by atoms with Crippen LogP contribution in [-0.2, 0) is 15.9 Å². The summed E-state index contributed by atoms with van der Waals surface area (Å²) in [6, 6.07) is 8.07. The van der Waals surface area contributed by atoms with Crippen LogP contribution in [0.2, 0.25) is 0 Å². The lowest BCUT2D eigenvalue weighted by Crippen LogP contribution is -2.22. The van der Waals surface area contributed by atoms with E-state index in [9.17, 15) is 4.79 Å². The lowest BCUT2D eigenvalue weighted by Gasteiger charge is -2.08. The first kappa shape index (κ1) is 15.0. The smallest absolute Gasteiger partial charge is 0.427 e. The average Bonchev–Trinajstić information content (AvgIpc) is 2.39. The van der Waals surface area contributed by atoms with Gasteiger partial charge in [0.1, 0.15) is 0 Å². The van der Waals surface area contributed by atoms with E-state index in [2.05, 4.69) is 10.5 Å². The normalized spacial score (nSPS) is 11.0. The fourth-order valence-corrected chi connectivity index (χ4v) is 1.44. The molecule has 0 bridgehead atoms. The molecule has 5 nitrogen and oxygen atoms in total. The fourth-order valence-electron chi connectivity index (χ4n) is 1.44. The van der Waals surface area contributed by atoms with E-state index >= 15 is 0 Å². The average molecular weight is 264 g/mol. The van der Waals surface area contributed by atoms with Crippen molar-refractivity contribution in [3.63, 3.8) is 0 Å². The second-order valence-electron chi connectivity index (χ2n) is 3.93. The highest BCUT2D eigenvalue weighted by Crippen LogP contribution is 2.05. The molecule has 0 heterocycles. The maximum atomic E-state index is 11.2. The molecule has 0 radical (unpaired) electrons. The minimum absolute atomic E-state index is 0.309. The summed E-state index contributed by atoms with van der Waals surface area (Å²) in [7, 11) is 0. The lowest BCUT2D eigenvalue weighted by atomic mass is 10.1. The molecule has 1 aromatic carbocycles. The van der Waals surface area contributed by atoms with E-state index in [0.717, 1.165) is 5.56 Å². The Balaban J connectivity index is 2.63. The van der Waals surface area contributed by atoms with Crippen molar-refractivity contribution in [3.8, 4) is 0 Å². The molecule has 0 fully saturated rings. The quantitative estimate of drug-likeness (QED) is 0.505. The van der Waals surface area contributed by atoms with E-state index in [0.29, 0.717) is 25.5 Å². The monoisotopic (exact) mass is 264 g/mol. The van der Waals surface area contributed by atoms with E-state index in [4.69, 9.17) is 9.47 Å². The topological polar surface area (TPSA) is 59.9 Å². The number of ether oxygens (including phenoxy) is 2. The molecule has 1 aromatic rings. The number of hydrogen-bond donors (Lipinski definition) is 1. The molecule has 0 saturated carbocycles. The molecular formula is C14H20N2O3. The van der Waals surface area contributed by atoms with Crippen molar-refractivity contribution in [2.24, 2.45) is 5.10 Å². The maximum Gasteiger partial charge on any atom is 0.427 e. The lowest BCUT2D eigenvalue weighted by molar-refractivity contribution is 0.152. The van der Waals surface area contributed by atoms with Crippen molar-refractivity contribution >= 4 is 12.0 Å². The van der Waals surface area contributed by atoms with Crippen LogP contribution in [0.5, 0.6) is 0 Å². The minimum Gasteiger partial charge on any atom is -0.480 e. The van der Waals surface area contributed by atoms with Crippen LogP contribution in [0, 0.1) is 6.92 Å². The Hall–Kier alpha value is -2.04. The molecule has 5 heteroatoms. The predicted molar refractivity (Wildman–Crippen MR) is 74.1 cm³/mol. The van der Waals surface area contributed by atoms with E-state index in [1.165, 1.54) is 5.56 Å². The summed E-state index contributed by atoms with van der Waals surface area (Å²) in [6.07, 6.45) is -0.0517. The number of rotatable bonds is 5.